The highest BCUT2D eigenvalue weighted by atomic mass is 35.5. The summed E-state index contributed by atoms with van der Waals surface area (Å²) in [5.74, 6) is 0.0253. The molecule has 0 aliphatic carbocycles. The molecule has 0 aromatic heterocycles. The van der Waals surface area contributed by atoms with Gasteiger partial charge in [-0.2, -0.15) is 0 Å². The first-order chi connectivity index (χ1) is 10.0. The minimum Gasteiger partial charge on any atom is -0.398 e. The van der Waals surface area contributed by atoms with E-state index in [4.69, 9.17) is 17.3 Å². The highest BCUT2D eigenvalue weighted by Gasteiger charge is 2.27. The smallest absolute Gasteiger partial charge is 0.253 e. The number of rotatable bonds is 3. The lowest BCUT2D eigenvalue weighted by Crippen LogP contribution is -2.43. The molecular weight excluding hydrogens is 290 g/mol. The minimum absolute atomic E-state index is 0.00397. The van der Waals surface area contributed by atoms with Gasteiger partial charge in [0.1, 0.15) is 0 Å². The number of nitrogens with two attached hydrogens (primary N) is 1. The van der Waals surface area contributed by atoms with Gasteiger partial charge in [-0.1, -0.05) is 11.6 Å². The van der Waals surface area contributed by atoms with Crippen molar-refractivity contribution >= 4 is 29.1 Å². The second-order valence-corrected chi connectivity index (χ2v) is 5.60. The van der Waals surface area contributed by atoms with Crippen LogP contribution in [-0.4, -0.2) is 36.3 Å². The van der Waals surface area contributed by atoms with Crippen molar-refractivity contribution in [3.63, 3.8) is 0 Å². The van der Waals surface area contributed by atoms with Gasteiger partial charge in [0, 0.05) is 31.1 Å². The van der Waals surface area contributed by atoms with E-state index in [1.54, 1.807) is 23.1 Å². The molecule has 0 saturated carbocycles. The summed E-state index contributed by atoms with van der Waals surface area (Å²) < 4.78 is 0. The molecule has 0 spiro atoms. The van der Waals surface area contributed by atoms with Crippen molar-refractivity contribution in [3.8, 4) is 0 Å². The topological polar surface area (TPSA) is 75.4 Å². The molecule has 1 heterocycles. The van der Waals surface area contributed by atoms with Crippen molar-refractivity contribution in [3.05, 3.63) is 28.8 Å². The molecular formula is C15H20ClN3O2. The Bertz CT molecular complexity index is 540. The van der Waals surface area contributed by atoms with E-state index >= 15 is 0 Å². The van der Waals surface area contributed by atoms with Crippen LogP contribution in [0.25, 0.3) is 0 Å². The predicted molar refractivity (Wildman–Crippen MR) is 83.2 cm³/mol. The molecule has 0 unspecified atom stereocenters. The van der Waals surface area contributed by atoms with Crippen molar-refractivity contribution in [2.45, 2.75) is 19.8 Å². The highest BCUT2D eigenvalue weighted by molar-refractivity contribution is 6.33. The van der Waals surface area contributed by atoms with Crippen molar-refractivity contribution < 1.29 is 9.59 Å². The number of nitrogens with one attached hydrogen (secondary N) is 1. The van der Waals surface area contributed by atoms with Gasteiger partial charge in [-0.15, -0.1) is 0 Å². The van der Waals surface area contributed by atoms with Gasteiger partial charge in [0.15, 0.2) is 0 Å². The fraction of sp³-hybridized carbons (Fsp3) is 0.467. The van der Waals surface area contributed by atoms with Gasteiger partial charge in [0.25, 0.3) is 5.91 Å². The summed E-state index contributed by atoms with van der Waals surface area (Å²) in [6.07, 6.45) is 1.39. The van der Waals surface area contributed by atoms with Crippen LogP contribution in [0.4, 0.5) is 5.69 Å². The lowest BCUT2D eigenvalue weighted by Gasteiger charge is -2.31. The number of likely N-dealkylation sites (tertiary alicyclic amines) is 1. The number of nitrogens with zero attached hydrogens (tertiary/aromatic N) is 1. The van der Waals surface area contributed by atoms with E-state index in [2.05, 4.69) is 5.32 Å². The van der Waals surface area contributed by atoms with Gasteiger partial charge in [0.2, 0.25) is 5.91 Å². The van der Waals surface area contributed by atoms with E-state index in [0.29, 0.717) is 48.7 Å². The highest BCUT2D eigenvalue weighted by Crippen LogP contribution is 2.23. The van der Waals surface area contributed by atoms with E-state index in [1.807, 2.05) is 6.92 Å². The van der Waals surface area contributed by atoms with Crippen LogP contribution >= 0.6 is 11.6 Å². The molecule has 0 atom stereocenters. The summed E-state index contributed by atoms with van der Waals surface area (Å²) in [5, 5.41) is 3.28. The molecule has 2 rings (SSSR count). The van der Waals surface area contributed by atoms with Crippen LogP contribution in [0.1, 0.15) is 30.1 Å². The van der Waals surface area contributed by atoms with Gasteiger partial charge in [-0.05, 0) is 38.0 Å². The summed E-state index contributed by atoms with van der Waals surface area (Å²) in [6, 6.07) is 4.91. The maximum atomic E-state index is 12.4. The summed E-state index contributed by atoms with van der Waals surface area (Å²) >= 11 is 5.86. The summed E-state index contributed by atoms with van der Waals surface area (Å²) in [4.78, 5) is 25.9. The number of hydrogen-bond donors (Lipinski definition) is 2. The molecule has 1 aliphatic heterocycles. The third kappa shape index (κ3) is 3.67. The molecule has 21 heavy (non-hydrogen) atoms. The van der Waals surface area contributed by atoms with E-state index in [0.717, 1.165) is 0 Å². The second kappa shape index (κ2) is 6.80. The summed E-state index contributed by atoms with van der Waals surface area (Å²) in [6.45, 7) is 3.72. The molecule has 1 aromatic rings. The Hall–Kier alpha value is -1.75. The molecule has 6 heteroatoms. The molecule has 0 radical (unpaired) electrons. The average molecular weight is 310 g/mol. The Morgan fingerprint density at radius 1 is 1.38 bits per heavy atom. The van der Waals surface area contributed by atoms with Crippen LogP contribution in [0.5, 0.6) is 0 Å². The van der Waals surface area contributed by atoms with Gasteiger partial charge < -0.3 is 16.0 Å². The predicted octanol–water partition coefficient (Wildman–Crippen LogP) is 1.91. The van der Waals surface area contributed by atoms with Crippen molar-refractivity contribution in [2.24, 2.45) is 5.92 Å². The monoisotopic (exact) mass is 309 g/mol. The van der Waals surface area contributed by atoms with Crippen LogP contribution in [0.15, 0.2) is 18.2 Å². The molecule has 1 aliphatic rings. The molecule has 2 amide bonds. The molecule has 0 bridgehead atoms. The van der Waals surface area contributed by atoms with Crippen LogP contribution in [0.2, 0.25) is 5.02 Å². The first-order valence-corrected chi connectivity index (χ1v) is 7.52. The number of nitrogen functional groups attached to an aromatic ring is 1. The number of piperidine rings is 1. The van der Waals surface area contributed by atoms with E-state index in [-0.39, 0.29) is 17.7 Å². The Morgan fingerprint density at radius 2 is 2.05 bits per heavy atom. The number of carbonyl (C=O) groups excluding carboxylic acids is 2. The van der Waals surface area contributed by atoms with Crippen LogP contribution < -0.4 is 11.1 Å². The summed E-state index contributed by atoms with van der Waals surface area (Å²) in [7, 11) is 0. The van der Waals surface area contributed by atoms with Gasteiger partial charge >= 0.3 is 0 Å². The third-order valence-corrected chi connectivity index (χ3v) is 4.09. The van der Waals surface area contributed by atoms with Gasteiger partial charge in [0.05, 0.1) is 10.7 Å². The van der Waals surface area contributed by atoms with Crippen LogP contribution in [0, 0.1) is 5.92 Å². The maximum Gasteiger partial charge on any atom is 0.253 e. The largest absolute Gasteiger partial charge is 0.398 e. The number of benzene rings is 1. The normalized spacial score (nSPS) is 15.8. The Labute approximate surface area is 129 Å². The zero-order valence-electron chi connectivity index (χ0n) is 12.1. The molecule has 1 aromatic carbocycles. The number of amides is 2. The minimum atomic E-state index is -0.0623. The average Bonchev–Trinajstić information content (AvgIpc) is 2.50. The lowest BCUT2D eigenvalue weighted by molar-refractivity contribution is -0.126. The molecule has 1 saturated heterocycles. The number of hydrogen-bond acceptors (Lipinski definition) is 3. The van der Waals surface area contributed by atoms with Gasteiger partial charge in [-0.3, -0.25) is 9.59 Å². The number of halogens is 1. The molecule has 1 fully saturated rings. The number of anilines is 1. The van der Waals surface area contributed by atoms with Crippen molar-refractivity contribution in [1.82, 2.24) is 10.2 Å². The quantitative estimate of drug-likeness (QED) is 0.838. The van der Waals surface area contributed by atoms with Crippen LogP contribution in [-0.2, 0) is 4.79 Å². The Morgan fingerprint density at radius 3 is 2.62 bits per heavy atom. The zero-order chi connectivity index (χ0) is 15.4. The SMILES string of the molecule is CCNC(=O)C1CCN(C(=O)c2ccc(Cl)c(N)c2)CC1. The van der Waals surface area contributed by atoms with Crippen molar-refractivity contribution in [2.75, 3.05) is 25.4 Å². The van der Waals surface area contributed by atoms with Crippen molar-refractivity contribution in [1.29, 1.82) is 0 Å². The Balaban J connectivity index is 1.97. The fourth-order valence-electron chi connectivity index (χ4n) is 2.52. The Kier molecular flexibility index (Phi) is 5.07. The lowest BCUT2D eigenvalue weighted by atomic mass is 9.95. The molecule has 3 N–H and O–H groups in total. The van der Waals surface area contributed by atoms with E-state index in [9.17, 15) is 9.59 Å². The third-order valence-electron chi connectivity index (χ3n) is 3.75. The summed E-state index contributed by atoms with van der Waals surface area (Å²) in [5.41, 5.74) is 6.67. The van der Waals surface area contributed by atoms with Gasteiger partial charge in [-0.25, -0.2) is 0 Å². The van der Waals surface area contributed by atoms with Crippen LogP contribution in [0.3, 0.4) is 0 Å². The fourth-order valence-corrected chi connectivity index (χ4v) is 2.64. The zero-order valence-corrected chi connectivity index (χ0v) is 12.8. The standard InChI is InChI=1S/C15H20ClN3O2/c1-2-18-14(20)10-5-7-19(8-6-10)15(21)11-3-4-12(16)13(17)9-11/h3-4,9-10H,2,5-8,17H2,1H3,(H,18,20). The maximum absolute atomic E-state index is 12.4. The first-order valence-electron chi connectivity index (χ1n) is 7.15. The molecule has 5 nitrogen and oxygen atoms in total. The molecule has 114 valence electrons. The van der Waals surface area contributed by atoms with E-state index in [1.165, 1.54) is 0 Å². The number of carbonyl (C=O) groups is 2. The van der Waals surface area contributed by atoms with E-state index < -0.39 is 0 Å². The first kappa shape index (κ1) is 15.6. The second-order valence-electron chi connectivity index (χ2n) is 5.20.